The molecular formula is C9H16O5. The molecule has 0 heterocycles. The standard InChI is InChI=1S/C7H16O.2CO2/c1-5-7(4)8-6(2)3;2*2-1-3/h6-7H,5H2,1-4H3;;/t7-;;/m1../s1. The van der Waals surface area contributed by atoms with Gasteiger partial charge in [-0.2, -0.15) is 19.2 Å². The van der Waals surface area contributed by atoms with Gasteiger partial charge in [0.05, 0.1) is 12.2 Å². The molecule has 0 rings (SSSR count). The second kappa shape index (κ2) is 17.7. The molecule has 5 nitrogen and oxygen atoms in total. The van der Waals surface area contributed by atoms with Crippen molar-refractivity contribution in [3.05, 3.63) is 0 Å². The minimum atomic E-state index is 0.250. The molecule has 0 unspecified atom stereocenters. The van der Waals surface area contributed by atoms with Crippen molar-refractivity contribution in [2.45, 2.75) is 46.3 Å². The fraction of sp³-hybridized carbons (Fsp3) is 0.778. The predicted octanol–water partition coefficient (Wildman–Crippen LogP) is 1.04. The predicted molar refractivity (Wildman–Crippen MR) is 46.0 cm³/mol. The van der Waals surface area contributed by atoms with Gasteiger partial charge in [-0.1, -0.05) is 6.92 Å². The lowest BCUT2D eigenvalue weighted by molar-refractivity contribution is -0.193. The van der Waals surface area contributed by atoms with Gasteiger partial charge in [-0.05, 0) is 27.2 Å². The van der Waals surface area contributed by atoms with Crippen molar-refractivity contribution >= 4 is 12.3 Å². The van der Waals surface area contributed by atoms with Gasteiger partial charge in [0, 0.05) is 0 Å². The second-order valence-electron chi connectivity index (χ2n) is 2.57. The van der Waals surface area contributed by atoms with Crippen molar-refractivity contribution in [3.8, 4) is 0 Å². The van der Waals surface area contributed by atoms with E-state index in [2.05, 4.69) is 27.7 Å². The Balaban J connectivity index is -0.000000168. The van der Waals surface area contributed by atoms with Crippen LogP contribution in [0.3, 0.4) is 0 Å². The van der Waals surface area contributed by atoms with Gasteiger partial charge in [0.2, 0.25) is 0 Å². The lowest BCUT2D eigenvalue weighted by Crippen LogP contribution is -2.12. The van der Waals surface area contributed by atoms with E-state index >= 15 is 0 Å². The number of hydrogen-bond donors (Lipinski definition) is 0. The highest BCUT2D eigenvalue weighted by molar-refractivity contribution is 5.20. The molecule has 0 aliphatic heterocycles. The largest absolute Gasteiger partial charge is 0.376 e. The van der Waals surface area contributed by atoms with Crippen LogP contribution in [0.1, 0.15) is 34.1 Å². The summed E-state index contributed by atoms with van der Waals surface area (Å²) in [6.45, 7) is 8.35. The van der Waals surface area contributed by atoms with E-state index in [-0.39, 0.29) is 12.3 Å². The summed E-state index contributed by atoms with van der Waals surface area (Å²) in [6, 6.07) is 0. The SMILES string of the molecule is CC[C@@H](C)OC(C)C.O=C=O.O=C=O. The maximum atomic E-state index is 8.12. The van der Waals surface area contributed by atoms with E-state index in [4.69, 9.17) is 23.9 Å². The van der Waals surface area contributed by atoms with Gasteiger partial charge in [0.25, 0.3) is 0 Å². The molecule has 5 heteroatoms. The van der Waals surface area contributed by atoms with Crippen molar-refractivity contribution in [2.75, 3.05) is 0 Å². The third-order valence-corrected chi connectivity index (χ3v) is 1.08. The zero-order valence-corrected chi connectivity index (χ0v) is 8.90. The molecular weight excluding hydrogens is 188 g/mol. The lowest BCUT2D eigenvalue weighted by atomic mass is 10.3. The van der Waals surface area contributed by atoms with Crippen molar-refractivity contribution < 1.29 is 23.9 Å². The van der Waals surface area contributed by atoms with E-state index in [0.717, 1.165) is 6.42 Å². The summed E-state index contributed by atoms with van der Waals surface area (Å²) >= 11 is 0. The molecule has 0 amide bonds. The Morgan fingerprint density at radius 3 is 1.36 bits per heavy atom. The lowest BCUT2D eigenvalue weighted by Gasteiger charge is -2.12. The second-order valence-corrected chi connectivity index (χ2v) is 2.57. The van der Waals surface area contributed by atoms with E-state index in [1.165, 1.54) is 0 Å². The van der Waals surface area contributed by atoms with E-state index < -0.39 is 0 Å². The molecule has 0 saturated heterocycles. The van der Waals surface area contributed by atoms with E-state index in [1.54, 1.807) is 0 Å². The Kier molecular flexibility index (Phi) is 23.4. The molecule has 14 heavy (non-hydrogen) atoms. The van der Waals surface area contributed by atoms with E-state index in [1.807, 2.05) is 0 Å². The third kappa shape index (κ3) is 45.5. The van der Waals surface area contributed by atoms with Crippen molar-refractivity contribution in [1.82, 2.24) is 0 Å². The molecule has 0 N–H and O–H groups in total. The van der Waals surface area contributed by atoms with Crippen molar-refractivity contribution in [1.29, 1.82) is 0 Å². The number of rotatable bonds is 3. The average molecular weight is 204 g/mol. The van der Waals surface area contributed by atoms with Crippen LogP contribution in [0.25, 0.3) is 0 Å². The van der Waals surface area contributed by atoms with Crippen LogP contribution in [0, 0.1) is 0 Å². The van der Waals surface area contributed by atoms with Crippen LogP contribution in [0.2, 0.25) is 0 Å². The van der Waals surface area contributed by atoms with Crippen LogP contribution in [0.5, 0.6) is 0 Å². The van der Waals surface area contributed by atoms with Gasteiger partial charge in [0.15, 0.2) is 0 Å². The van der Waals surface area contributed by atoms with Gasteiger partial charge in [-0.15, -0.1) is 0 Å². The first kappa shape index (κ1) is 18.5. The number of ether oxygens (including phenoxy) is 1. The van der Waals surface area contributed by atoms with Gasteiger partial charge >= 0.3 is 12.3 Å². The fourth-order valence-corrected chi connectivity index (χ4v) is 0.561. The maximum absolute atomic E-state index is 8.12. The summed E-state index contributed by atoms with van der Waals surface area (Å²) < 4.78 is 5.40. The third-order valence-electron chi connectivity index (χ3n) is 1.08. The molecule has 0 radical (unpaired) electrons. The summed E-state index contributed by atoms with van der Waals surface area (Å²) in [6.07, 6.45) is 2.41. The van der Waals surface area contributed by atoms with Gasteiger partial charge < -0.3 is 4.74 Å². The van der Waals surface area contributed by atoms with Crippen LogP contribution in [0.15, 0.2) is 0 Å². The minimum absolute atomic E-state index is 0.250. The van der Waals surface area contributed by atoms with Gasteiger partial charge in [0.1, 0.15) is 0 Å². The summed E-state index contributed by atoms with van der Waals surface area (Å²) in [4.78, 5) is 32.5. The zero-order valence-electron chi connectivity index (χ0n) is 8.90. The van der Waals surface area contributed by atoms with Crippen LogP contribution >= 0.6 is 0 Å². The molecule has 0 aromatic carbocycles. The highest BCUT2D eigenvalue weighted by Crippen LogP contribution is 1.99. The quantitative estimate of drug-likeness (QED) is 0.686. The first-order valence-electron chi connectivity index (χ1n) is 4.14. The molecule has 0 aromatic rings. The fourth-order valence-electron chi connectivity index (χ4n) is 0.561. The monoisotopic (exact) mass is 204 g/mol. The highest BCUT2D eigenvalue weighted by atomic mass is 16.5. The Morgan fingerprint density at radius 2 is 1.29 bits per heavy atom. The molecule has 0 aliphatic carbocycles. The van der Waals surface area contributed by atoms with Crippen molar-refractivity contribution in [2.24, 2.45) is 0 Å². The summed E-state index contributed by atoms with van der Waals surface area (Å²) in [7, 11) is 0. The Hall–Kier alpha value is -1.28. The number of hydrogen-bond acceptors (Lipinski definition) is 5. The molecule has 0 spiro atoms. The Morgan fingerprint density at radius 1 is 1.00 bits per heavy atom. The van der Waals surface area contributed by atoms with Crippen LogP contribution in [-0.2, 0) is 23.9 Å². The number of carbonyl (C=O) groups excluding carboxylic acids is 4. The molecule has 0 fully saturated rings. The van der Waals surface area contributed by atoms with Gasteiger partial charge in [-0.3, -0.25) is 0 Å². The van der Waals surface area contributed by atoms with Crippen LogP contribution in [-0.4, -0.2) is 24.5 Å². The molecule has 1 atom stereocenters. The topological polar surface area (TPSA) is 77.5 Å². The summed E-state index contributed by atoms with van der Waals surface area (Å²) in [5, 5.41) is 0. The van der Waals surface area contributed by atoms with E-state index in [9.17, 15) is 0 Å². The molecule has 0 aromatic heterocycles. The normalized spacial score (nSPS) is 9.50. The summed E-state index contributed by atoms with van der Waals surface area (Å²) in [5.41, 5.74) is 0. The molecule has 0 bridgehead atoms. The smallest absolute Gasteiger partial charge is 0.373 e. The van der Waals surface area contributed by atoms with Crippen molar-refractivity contribution in [3.63, 3.8) is 0 Å². The van der Waals surface area contributed by atoms with Gasteiger partial charge in [-0.25, -0.2) is 0 Å². The van der Waals surface area contributed by atoms with Crippen LogP contribution < -0.4 is 0 Å². The minimum Gasteiger partial charge on any atom is -0.376 e. The average Bonchev–Trinajstić information content (AvgIpc) is 2.06. The Bertz CT molecular complexity index is 152. The Labute approximate surface area is 83.4 Å². The molecule has 82 valence electrons. The van der Waals surface area contributed by atoms with E-state index in [0.29, 0.717) is 12.2 Å². The molecule has 0 saturated carbocycles. The maximum Gasteiger partial charge on any atom is 0.373 e. The first-order chi connectivity index (χ1) is 6.49. The molecule has 0 aliphatic rings. The highest BCUT2D eigenvalue weighted by Gasteiger charge is 1.99. The van der Waals surface area contributed by atoms with Crippen LogP contribution in [0.4, 0.5) is 0 Å². The summed E-state index contributed by atoms with van der Waals surface area (Å²) in [5.74, 6) is 0. The zero-order chi connectivity index (χ0) is 12.0. The first-order valence-corrected chi connectivity index (χ1v) is 4.14.